The molecule has 1 nitrogen and oxygen atoms in total. The maximum atomic E-state index is 13.4. The fourth-order valence-electron chi connectivity index (χ4n) is 2.43. The fraction of sp³-hybridized carbons (Fsp3) is 0.538. The normalized spacial score (nSPS) is 25.6. The fourth-order valence-corrected chi connectivity index (χ4v) is 2.96. The molecule has 0 aromatic heterocycles. The highest BCUT2D eigenvalue weighted by molar-refractivity contribution is 9.09. The van der Waals surface area contributed by atoms with E-state index in [2.05, 4.69) is 15.9 Å². The van der Waals surface area contributed by atoms with Crippen LogP contribution in [-0.4, -0.2) is 16.1 Å². The highest BCUT2D eigenvalue weighted by Gasteiger charge is 2.59. The first-order chi connectivity index (χ1) is 8.90. The monoisotopic (exact) mass is 358 g/mol. The predicted octanol–water partition coefficient (Wildman–Crippen LogP) is 4.43. The van der Waals surface area contributed by atoms with Crippen LogP contribution in [0.25, 0.3) is 0 Å². The van der Waals surface area contributed by atoms with Crippen molar-refractivity contribution in [3.05, 3.63) is 34.9 Å². The van der Waals surface area contributed by atoms with Crippen molar-refractivity contribution in [2.75, 3.05) is 0 Å². The van der Waals surface area contributed by atoms with E-state index in [0.29, 0.717) is 11.1 Å². The molecule has 0 heterocycles. The zero-order valence-corrected chi connectivity index (χ0v) is 12.2. The van der Waals surface area contributed by atoms with Gasteiger partial charge in [-0.1, -0.05) is 41.9 Å². The minimum atomic E-state index is -5.64. The molecule has 0 spiro atoms. The van der Waals surface area contributed by atoms with Gasteiger partial charge < -0.3 is 5.11 Å². The van der Waals surface area contributed by atoms with E-state index >= 15 is 0 Å². The number of rotatable bonds is 1. The molecule has 0 amide bonds. The molecule has 2 rings (SSSR count). The Morgan fingerprint density at radius 2 is 1.70 bits per heavy atom. The van der Waals surface area contributed by atoms with Gasteiger partial charge in [-0.2, -0.15) is 22.0 Å². The summed E-state index contributed by atoms with van der Waals surface area (Å²) in [5, 5.41) is 9.98. The highest BCUT2D eigenvalue weighted by atomic mass is 79.9. The molecule has 1 aliphatic rings. The zero-order chi connectivity index (χ0) is 15.5. The first kappa shape index (κ1) is 15.7. The molecule has 0 aliphatic heterocycles. The quantitative estimate of drug-likeness (QED) is 0.581. The Bertz CT molecular complexity index is 538. The summed E-state index contributed by atoms with van der Waals surface area (Å²) in [7, 11) is 0. The average molecular weight is 359 g/mol. The Hall–Kier alpha value is -0.690. The molecule has 1 N–H and O–H groups in total. The van der Waals surface area contributed by atoms with E-state index in [1.807, 2.05) is 0 Å². The molecule has 2 atom stereocenters. The number of aliphatic hydroxyl groups excluding tert-OH is 1. The van der Waals surface area contributed by atoms with Crippen LogP contribution in [0.5, 0.6) is 0 Å². The van der Waals surface area contributed by atoms with Crippen molar-refractivity contribution in [3.63, 3.8) is 0 Å². The van der Waals surface area contributed by atoms with Crippen molar-refractivity contribution in [1.82, 2.24) is 0 Å². The van der Waals surface area contributed by atoms with Gasteiger partial charge in [0.15, 0.2) is 0 Å². The standard InChI is InChI=1S/C13H12BrF5O/c1-11(2)8-5-6(12(15,16)13(17,18)19)3-4-7(8)9(20)10(11)14/h3-5,9-10,20H,1-2H3/t9-,10+/m0/s1. The largest absolute Gasteiger partial charge is 0.458 e. The Kier molecular flexibility index (Phi) is 3.45. The molecule has 1 aromatic rings. The molecule has 7 heteroatoms. The van der Waals surface area contributed by atoms with Crippen LogP contribution in [-0.2, 0) is 11.3 Å². The van der Waals surface area contributed by atoms with E-state index < -0.39 is 34.0 Å². The van der Waals surface area contributed by atoms with Crippen molar-refractivity contribution in [2.24, 2.45) is 0 Å². The van der Waals surface area contributed by atoms with Crippen LogP contribution >= 0.6 is 15.9 Å². The first-order valence-corrected chi connectivity index (χ1v) is 6.74. The lowest BCUT2D eigenvalue weighted by Gasteiger charge is -2.26. The van der Waals surface area contributed by atoms with Crippen LogP contribution in [0.3, 0.4) is 0 Å². The molecule has 0 saturated heterocycles. The summed E-state index contributed by atoms with van der Waals surface area (Å²) in [6.45, 7) is 3.36. The van der Waals surface area contributed by atoms with Gasteiger partial charge in [0.2, 0.25) is 0 Å². The predicted molar refractivity (Wildman–Crippen MR) is 67.1 cm³/mol. The lowest BCUT2D eigenvalue weighted by Crippen LogP contribution is -2.34. The van der Waals surface area contributed by atoms with Crippen molar-refractivity contribution in [3.8, 4) is 0 Å². The first-order valence-electron chi connectivity index (χ1n) is 5.82. The third-order valence-corrected chi connectivity index (χ3v) is 5.40. The number of alkyl halides is 6. The number of fused-ring (bicyclic) bond motifs is 1. The molecule has 20 heavy (non-hydrogen) atoms. The summed E-state index contributed by atoms with van der Waals surface area (Å²) in [6.07, 6.45) is -6.58. The average Bonchev–Trinajstić information content (AvgIpc) is 2.50. The third-order valence-electron chi connectivity index (χ3n) is 3.75. The minimum absolute atomic E-state index is 0.299. The SMILES string of the molecule is CC1(C)c2cc(C(F)(F)C(F)(F)F)ccc2[C@H](O)[C@H]1Br. The second-order valence-corrected chi connectivity index (χ2v) is 6.43. The number of halogens is 6. The van der Waals surface area contributed by atoms with Crippen molar-refractivity contribution in [1.29, 1.82) is 0 Å². The molecular formula is C13H12BrF5O. The van der Waals surface area contributed by atoms with Gasteiger partial charge >= 0.3 is 12.1 Å². The summed E-state index contributed by atoms with van der Waals surface area (Å²) < 4.78 is 64.0. The van der Waals surface area contributed by atoms with Crippen molar-refractivity contribution >= 4 is 15.9 Å². The second kappa shape index (κ2) is 4.40. The Labute approximate surface area is 120 Å². The van der Waals surface area contributed by atoms with Gasteiger partial charge in [-0.3, -0.25) is 0 Å². The summed E-state index contributed by atoms with van der Waals surface area (Å²) in [5.41, 5.74) is -1.18. The summed E-state index contributed by atoms with van der Waals surface area (Å²) in [5.74, 6) is -4.91. The maximum Gasteiger partial charge on any atom is 0.458 e. The molecule has 0 unspecified atom stereocenters. The van der Waals surface area contributed by atoms with E-state index in [9.17, 15) is 27.1 Å². The second-order valence-electron chi connectivity index (χ2n) is 5.44. The van der Waals surface area contributed by atoms with E-state index in [1.165, 1.54) is 0 Å². The van der Waals surface area contributed by atoms with Gasteiger partial charge in [0.05, 0.1) is 10.9 Å². The van der Waals surface area contributed by atoms with Gasteiger partial charge in [-0.25, -0.2) is 0 Å². The van der Waals surface area contributed by atoms with Gasteiger partial charge in [0.1, 0.15) is 0 Å². The van der Waals surface area contributed by atoms with Crippen LogP contribution in [0, 0.1) is 0 Å². The summed E-state index contributed by atoms with van der Waals surface area (Å²) in [6, 6.07) is 2.70. The van der Waals surface area contributed by atoms with Gasteiger partial charge in [0.25, 0.3) is 0 Å². The number of aliphatic hydroxyl groups is 1. The van der Waals surface area contributed by atoms with Crippen LogP contribution in [0.2, 0.25) is 0 Å². The van der Waals surface area contributed by atoms with E-state index in [0.717, 1.165) is 18.2 Å². The van der Waals surface area contributed by atoms with Crippen LogP contribution < -0.4 is 0 Å². The van der Waals surface area contributed by atoms with Crippen LogP contribution in [0.15, 0.2) is 18.2 Å². The molecule has 112 valence electrons. The Morgan fingerprint density at radius 3 is 2.20 bits per heavy atom. The summed E-state index contributed by atoms with van der Waals surface area (Å²) in [4.78, 5) is -0.445. The lowest BCUT2D eigenvalue weighted by molar-refractivity contribution is -0.289. The lowest BCUT2D eigenvalue weighted by atomic mass is 9.85. The van der Waals surface area contributed by atoms with Crippen LogP contribution in [0.4, 0.5) is 22.0 Å². The minimum Gasteiger partial charge on any atom is -0.387 e. The number of hydrogen-bond donors (Lipinski definition) is 1. The Morgan fingerprint density at radius 1 is 1.15 bits per heavy atom. The van der Waals surface area contributed by atoms with E-state index in [1.54, 1.807) is 13.8 Å². The zero-order valence-electron chi connectivity index (χ0n) is 10.6. The summed E-state index contributed by atoms with van der Waals surface area (Å²) >= 11 is 3.26. The maximum absolute atomic E-state index is 13.4. The van der Waals surface area contributed by atoms with Crippen LogP contribution in [0.1, 0.15) is 36.6 Å². The molecule has 0 saturated carbocycles. The molecular weight excluding hydrogens is 347 g/mol. The van der Waals surface area contributed by atoms with Crippen molar-refractivity contribution < 1.29 is 27.1 Å². The Balaban J connectivity index is 2.58. The molecule has 1 aliphatic carbocycles. The van der Waals surface area contributed by atoms with E-state index in [-0.39, 0.29) is 0 Å². The highest BCUT2D eigenvalue weighted by Crippen LogP contribution is 2.51. The molecule has 0 bridgehead atoms. The van der Waals surface area contributed by atoms with Crippen molar-refractivity contribution in [2.45, 2.75) is 42.3 Å². The topological polar surface area (TPSA) is 20.2 Å². The molecule has 0 fully saturated rings. The number of benzene rings is 1. The molecule has 0 radical (unpaired) electrons. The third kappa shape index (κ3) is 2.06. The molecule has 1 aromatic carbocycles. The van der Waals surface area contributed by atoms with E-state index in [4.69, 9.17) is 0 Å². The van der Waals surface area contributed by atoms with Gasteiger partial charge in [-0.15, -0.1) is 0 Å². The number of hydrogen-bond acceptors (Lipinski definition) is 1. The van der Waals surface area contributed by atoms with Gasteiger partial charge in [-0.05, 0) is 17.2 Å². The smallest absolute Gasteiger partial charge is 0.387 e. The van der Waals surface area contributed by atoms with Gasteiger partial charge in [0, 0.05) is 11.0 Å².